The molecule has 1 heterocycles. The second-order valence-corrected chi connectivity index (χ2v) is 5.91. The molecular formula is C18H23ClFN3O2. The zero-order valence-corrected chi connectivity index (χ0v) is 15.1. The van der Waals surface area contributed by atoms with Crippen molar-refractivity contribution in [2.24, 2.45) is 5.73 Å². The fourth-order valence-corrected chi connectivity index (χ4v) is 2.26. The van der Waals surface area contributed by atoms with Crippen LogP contribution in [0, 0.1) is 5.82 Å². The van der Waals surface area contributed by atoms with E-state index in [-0.39, 0.29) is 24.1 Å². The Morgan fingerprint density at radius 1 is 1.32 bits per heavy atom. The largest absolute Gasteiger partial charge is 0.439 e. The molecule has 1 unspecified atom stereocenters. The summed E-state index contributed by atoms with van der Waals surface area (Å²) in [5.74, 6) is 0.339. The van der Waals surface area contributed by atoms with Crippen molar-refractivity contribution in [3.63, 3.8) is 0 Å². The summed E-state index contributed by atoms with van der Waals surface area (Å²) in [7, 11) is 0. The van der Waals surface area contributed by atoms with Gasteiger partial charge in [0.2, 0.25) is 11.8 Å². The first-order valence-corrected chi connectivity index (χ1v) is 7.86. The molecule has 0 aliphatic heterocycles. The summed E-state index contributed by atoms with van der Waals surface area (Å²) in [6, 6.07) is 9.18. The van der Waals surface area contributed by atoms with Crippen LogP contribution in [-0.2, 0) is 11.3 Å². The Labute approximate surface area is 153 Å². The fourth-order valence-electron chi connectivity index (χ4n) is 2.26. The van der Waals surface area contributed by atoms with Crippen molar-refractivity contribution < 1.29 is 13.9 Å². The van der Waals surface area contributed by atoms with Gasteiger partial charge in [0.15, 0.2) is 0 Å². The number of hydrogen-bond donors (Lipinski definition) is 2. The predicted molar refractivity (Wildman–Crippen MR) is 97.3 cm³/mol. The highest BCUT2D eigenvalue weighted by atomic mass is 35.5. The first-order valence-electron chi connectivity index (χ1n) is 7.86. The van der Waals surface area contributed by atoms with Crippen LogP contribution in [0.15, 0.2) is 42.6 Å². The van der Waals surface area contributed by atoms with Gasteiger partial charge < -0.3 is 15.8 Å². The average Bonchev–Trinajstić information content (AvgIpc) is 2.55. The van der Waals surface area contributed by atoms with Crippen LogP contribution in [0.25, 0.3) is 0 Å². The third kappa shape index (κ3) is 6.32. The van der Waals surface area contributed by atoms with E-state index < -0.39 is 5.54 Å². The van der Waals surface area contributed by atoms with E-state index in [4.69, 9.17) is 10.5 Å². The van der Waals surface area contributed by atoms with Crippen molar-refractivity contribution >= 4 is 18.3 Å². The SMILES string of the molecule is CCCC(C)(N)C(=O)NCc1ccnc(Oc2ccc(F)cc2)c1.Cl. The molecule has 0 aliphatic carbocycles. The smallest absolute Gasteiger partial charge is 0.240 e. The quantitative estimate of drug-likeness (QED) is 0.784. The number of rotatable bonds is 7. The van der Waals surface area contributed by atoms with Gasteiger partial charge in [-0.05, 0) is 49.2 Å². The van der Waals surface area contributed by atoms with Gasteiger partial charge in [0.1, 0.15) is 11.6 Å². The Balaban J connectivity index is 0.00000312. The van der Waals surface area contributed by atoms with Crippen molar-refractivity contribution in [1.82, 2.24) is 10.3 Å². The van der Waals surface area contributed by atoms with Gasteiger partial charge in [-0.2, -0.15) is 0 Å². The lowest BCUT2D eigenvalue weighted by Crippen LogP contribution is -2.51. The molecule has 1 aromatic heterocycles. The van der Waals surface area contributed by atoms with Crippen LogP contribution in [0.5, 0.6) is 11.6 Å². The number of ether oxygens (including phenoxy) is 1. The van der Waals surface area contributed by atoms with Crippen LogP contribution in [0.1, 0.15) is 32.3 Å². The Hall–Kier alpha value is -2.18. The minimum absolute atomic E-state index is 0. The van der Waals surface area contributed by atoms with Crippen LogP contribution < -0.4 is 15.8 Å². The van der Waals surface area contributed by atoms with E-state index in [0.717, 1.165) is 12.0 Å². The number of hydrogen-bond acceptors (Lipinski definition) is 4. The molecule has 0 aliphatic rings. The number of amides is 1. The van der Waals surface area contributed by atoms with Gasteiger partial charge in [0.05, 0.1) is 5.54 Å². The molecule has 1 amide bonds. The molecule has 7 heteroatoms. The van der Waals surface area contributed by atoms with Gasteiger partial charge in [0, 0.05) is 18.8 Å². The number of pyridine rings is 1. The minimum atomic E-state index is -0.880. The van der Waals surface area contributed by atoms with Gasteiger partial charge in [0.25, 0.3) is 0 Å². The van der Waals surface area contributed by atoms with Crippen LogP contribution in [-0.4, -0.2) is 16.4 Å². The van der Waals surface area contributed by atoms with Crippen molar-refractivity contribution in [3.05, 3.63) is 54.0 Å². The summed E-state index contributed by atoms with van der Waals surface area (Å²) in [5, 5.41) is 2.83. The van der Waals surface area contributed by atoms with Crippen molar-refractivity contribution in [2.45, 2.75) is 38.8 Å². The summed E-state index contributed by atoms with van der Waals surface area (Å²) in [6.07, 6.45) is 3.05. The normalized spacial score (nSPS) is 12.6. The molecule has 2 aromatic rings. The first kappa shape index (κ1) is 20.9. The number of nitrogens with two attached hydrogens (primary N) is 1. The Morgan fingerprint density at radius 2 is 2.00 bits per heavy atom. The lowest BCUT2D eigenvalue weighted by atomic mass is 9.96. The molecule has 1 aromatic carbocycles. The summed E-state index contributed by atoms with van der Waals surface area (Å²) in [6.45, 7) is 4.04. The molecular weight excluding hydrogens is 345 g/mol. The number of nitrogens with one attached hydrogen (secondary N) is 1. The molecule has 0 fully saturated rings. The van der Waals surface area contributed by atoms with Gasteiger partial charge >= 0.3 is 0 Å². The maximum absolute atomic E-state index is 12.9. The standard InChI is InChI=1S/C18H22FN3O2.ClH/c1-3-9-18(2,20)17(23)22-12-13-8-10-21-16(11-13)24-15-6-4-14(19)5-7-15;/h4-8,10-11H,3,9,12,20H2,1-2H3,(H,22,23);1H. The Bertz CT molecular complexity index is 693. The lowest BCUT2D eigenvalue weighted by Gasteiger charge is -2.22. The molecule has 2 rings (SSSR count). The zero-order chi connectivity index (χ0) is 17.6. The monoisotopic (exact) mass is 367 g/mol. The molecule has 25 heavy (non-hydrogen) atoms. The van der Waals surface area contributed by atoms with Crippen molar-refractivity contribution in [1.29, 1.82) is 0 Å². The molecule has 5 nitrogen and oxygen atoms in total. The molecule has 3 N–H and O–H groups in total. The van der Waals surface area contributed by atoms with Gasteiger partial charge in [-0.25, -0.2) is 9.37 Å². The predicted octanol–water partition coefficient (Wildman–Crippen LogP) is 3.57. The number of carbonyl (C=O) groups excluding carboxylic acids is 1. The molecule has 0 bridgehead atoms. The summed E-state index contributed by atoms with van der Waals surface area (Å²) in [4.78, 5) is 16.2. The first-order chi connectivity index (χ1) is 11.4. The van der Waals surface area contributed by atoms with Crippen molar-refractivity contribution in [2.75, 3.05) is 0 Å². The molecule has 0 radical (unpaired) electrons. The van der Waals surface area contributed by atoms with Gasteiger partial charge in [-0.3, -0.25) is 4.79 Å². The average molecular weight is 368 g/mol. The number of aromatic nitrogens is 1. The molecule has 0 saturated heterocycles. The highest BCUT2D eigenvalue weighted by Crippen LogP contribution is 2.20. The van der Waals surface area contributed by atoms with Crippen LogP contribution in [0.4, 0.5) is 4.39 Å². The summed E-state index contributed by atoms with van der Waals surface area (Å²) < 4.78 is 18.5. The maximum Gasteiger partial charge on any atom is 0.240 e. The van der Waals surface area contributed by atoms with Crippen LogP contribution >= 0.6 is 12.4 Å². The Morgan fingerprint density at radius 3 is 2.64 bits per heavy atom. The van der Waals surface area contributed by atoms with E-state index in [0.29, 0.717) is 24.6 Å². The zero-order valence-electron chi connectivity index (χ0n) is 14.3. The van der Waals surface area contributed by atoms with E-state index in [9.17, 15) is 9.18 Å². The number of nitrogens with zero attached hydrogens (tertiary/aromatic N) is 1. The van der Waals surface area contributed by atoms with E-state index in [2.05, 4.69) is 10.3 Å². The third-order valence-corrected chi connectivity index (χ3v) is 3.58. The second-order valence-electron chi connectivity index (χ2n) is 5.91. The van der Waals surface area contributed by atoms with E-state index in [1.807, 2.05) is 6.92 Å². The molecule has 0 saturated carbocycles. The second kappa shape index (κ2) is 9.34. The highest BCUT2D eigenvalue weighted by molar-refractivity contribution is 5.85. The Kier molecular flexibility index (Phi) is 7.80. The molecule has 0 spiro atoms. The van der Waals surface area contributed by atoms with Gasteiger partial charge in [-0.1, -0.05) is 13.3 Å². The van der Waals surface area contributed by atoms with E-state index in [1.165, 1.54) is 24.3 Å². The van der Waals surface area contributed by atoms with E-state index in [1.54, 1.807) is 25.3 Å². The topological polar surface area (TPSA) is 77.2 Å². The van der Waals surface area contributed by atoms with E-state index >= 15 is 0 Å². The maximum atomic E-state index is 12.9. The molecule has 136 valence electrons. The minimum Gasteiger partial charge on any atom is -0.439 e. The van der Waals surface area contributed by atoms with Crippen molar-refractivity contribution in [3.8, 4) is 11.6 Å². The molecule has 1 atom stereocenters. The lowest BCUT2D eigenvalue weighted by molar-refractivity contribution is -0.126. The summed E-state index contributed by atoms with van der Waals surface area (Å²) in [5.41, 5.74) is 5.96. The third-order valence-electron chi connectivity index (χ3n) is 3.58. The van der Waals surface area contributed by atoms with Gasteiger partial charge in [-0.15, -0.1) is 12.4 Å². The number of benzene rings is 1. The highest BCUT2D eigenvalue weighted by Gasteiger charge is 2.26. The van der Waals surface area contributed by atoms with Crippen LogP contribution in [0.2, 0.25) is 0 Å². The summed E-state index contributed by atoms with van der Waals surface area (Å²) >= 11 is 0. The number of halogens is 2. The fraction of sp³-hybridized carbons (Fsp3) is 0.333. The number of carbonyl (C=O) groups is 1. The van der Waals surface area contributed by atoms with Crippen LogP contribution in [0.3, 0.4) is 0 Å².